The maximum absolute atomic E-state index is 13.4. The van der Waals surface area contributed by atoms with Crippen LogP contribution < -0.4 is 24.4 Å². The molecule has 2 aromatic rings. The van der Waals surface area contributed by atoms with Crippen LogP contribution in [-0.4, -0.2) is 58.0 Å². The van der Waals surface area contributed by atoms with Crippen LogP contribution in [0.4, 0.5) is 23.2 Å². The lowest BCUT2D eigenvalue weighted by Crippen LogP contribution is -2.52. The molecule has 2 N–H and O–H groups in total. The molecule has 1 aliphatic rings. The first-order chi connectivity index (χ1) is 18.1. The summed E-state index contributed by atoms with van der Waals surface area (Å²) in [5, 5.41) is 4.83. The Morgan fingerprint density at radius 3 is 2.56 bits per heavy atom. The van der Waals surface area contributed by atoms with Gasteiger partial charge in [-0.15, -0.1) is 0 Å². The molecule has 0 radical (unpaired) electrons. The Hall–Kier alpha value is -3.23. The fourth-order valence-corrected chi connectivity index (χ4v) is 5.03. The van der Waals surface area contributed by atoms with Crippen molar-refractivity contribution in [3.05, 3.63) is 64.5 Å². The summed E-state index contributed by atoms with van der Waals surface area (Å²) in [7, 11) is -4.93. The first kappa shape index (κ1) is 30.3. The zero-order valence-corrected chi connectivity index (χ0v) is 22.2. The third-order valence-corrected chi connectivity index (χ3v) is 7.32. The average molecular weight is 614 g/mol. The van der Waals surface area contributed by atoms with Crippen molar-refractivity contribution in [2.75, 3.05) is 29.8 Å². The highest BCUT2D eigenvalue weighted by molar-refractivity contribution is 7.92. The van der Waals surface area contributed by atoms with Gasteiger partial charge in [-0.25, -0.2) is 12.8 Å². The summed E-state index contributed by atoms with van der Waals surface area (Å²) in [5.74, 6) is -4.35. The summed E-state index contributed by atoms with van der Waals surface area (Å²) in [6, 6.07) is 7.34. The molecule has 212 valence electrons. The molecule has 0 aliphatic carbocycles. The number of hydrogen-bond acceptors (Lipinski definition) is 6. The van der Waals surface area contributed by atoms with Crippen molar-refractivity contribution in [2.45, 2.75) is 18.7 Å². The number of benzene rings is 2. The number of hydrogen-bond donors (Lipinski definition) is 2. The van der Waals surface area contributed by atoms with Crippen molar-refractivity contribution >= 4 is 50.7 Å². The zero-order valence-electron chi connectivity index (χ0n) is 19.9. The monoisotopic (exact) mass is 613 g/mol. The summed E-state index contributed by atoms with van der Waals surface area (Å²) in [4.78, 5) is 24.7. The van der Waals surface area contributed by atoms with Gasteiger partial charge in [-0.1, -0.05) is 29.8 Å². The molecule has 0 saturated heterocycles. The van der Waals surface area contributed by atoms with Crippen LogP contribution in [0.2, 0.25) is 10.0 Å². The van der Waals surface area contributed by atoms with E-state index in [-0.39, 0.29) is 45.9 Å². The Kier molecular flexibility index (Phi) is 9.56. The zero-order chi connectivity index (χ0) is 29.0. The molecule has 1 unspecified atom stereocenters. The minimum Gasteiger partial charge on any atom is -0.484 e. The van der Waals surface area contributed by atoms with E-state index in [0.717, 1.165) is 12.1 Å². The van der Waals surface area contributed by atoms with Crippen molar-refractivity contribution in [3.63, 3.8) is 0 Å². The fraction of sp³-hybridized carbons (Fsp3) is 0.304. The SMILES string of the molecule is C=C(CCNC(=O)C1CN(S(=O)(=O)CC(F)(F)F)c2cc(Cl)ccc2O1)NC(=O)COc1ccc(Cl)c(F)c1. The molecule has 2 aromatic carbocycles. The lowest BCUT2D eigenvalue weighted by atomic mass is 10.2. The molecular formula is C23H21Cl2F4N3O6S. The van der Waals surface area contributed by atoms with Gasteiger partial charge < -0.3 is 20.1 Å². The number of carbonyl (C=O) groups excluding carboxylic acids is 2. The van der Waals surface area contributed by atoms with Crippen LogP contribution in [0.3, 0.4) is 0 Å². The van der Waals surface area contributed by atoms with Crippen LogP contribution in [0.1, 0.15) is 6.42 Å². The molecule has 1 aliphatic heterocycles. The minimum atomic E-state index is -5.02. The van der Waals surface area contributed by atoms with Gasteiger partial charge >= 0.3 is 6.18 Å². The quantitative estimate of drug-likeness (QED) is 0.394. The van der Waals surface area contributed by atoms with Crippen LogP contribution in [0.5, 0.6) is 11.5 Å². The normalized spacial score (nSPS) is 15.1. The van der Waals surface area contributed by atoms with E-state index in [0.29, 0.717) is 4.31 Å². The van der Waals surface area contributed by atoms with E-state index >= 15 is 0 Å². The van der Waals surface area contributed by atoms with Crippen LogP contribution in [0.25, 0.3) is 0 Å². The number of nitrogens with zero attached hydrogens (tertiary/aromatic N) is 1. The van der Waals surface area contributed by atoms with Gasteiger partial charge in [0.05, 0.1) is 17.3 Å². The molecule has 2 amide bonds. The molecule has 39 heavy (non-hydrogen) atoms. The van der Waals surface area contributed by atoms with Crippen molar-refractivity contribution in [1.29, 1.82) is 0 Å². The molecule has 16 heteroatoms. The average Bonchev–Trinajstić information content (AvgIpc) is 2.82. The van der Waals surface area contributed by atoms with Gasteiger partial charge in [-0.05, 0) is 30.3 Å². The summed E-state index contributed by atoms with van der Waals surface area (Å²) in [5.41, 5.74) is -0.0411. The largest absolute Gasteiger partial charge is 0.484 e. The van der Waals surface area contributed by atoms with Crippen LogP contribution in [0.15, 0.2) is 48.7 Å². The molecule has 0 bridgehead atoms. The van der Waals surface area contributed by atoms with E-state index in [2.05, 4.69) is 17.2 Å². The number of halogens is 6. The van der Waals surface area contributed by atoms with Gasteiger partial charge in [-0.2, -0.15) is 13.2 Å². The van der Waals surface area contributed by atoms with E-state index < -0.39 is 58.8 Å². The van der Waals surface area contributed by atoms with Crippen molar-refractivity contribution in [3.8, 4) is 11.5 Å². The fourth-order valence-electron chi connectivity index (χ4n) is 3.37. The van der Waals surface area contributed by atoms with Crippen molar-refractivity contribution in [2.24, 2.45) is 0 Å². The third-order valence-electron chi connectivity index (χ3n) is 5.07. The summed E-state index contributed by atoms with van der Waals surface area (Å²) < 4.78 is 88.3. The van der Waals surface area contributed by atoms with Crippen LogP contribution in [-0.2, 0) is 19.6 Å². The molecule has 1 heterocycles. The molecule has 0 saturated carbocycles. The summed E-state index contributed by atoms with van der Waals surface area (Å²) >= 11 is 11.5. The molecule has 1 atom stereocenters. The number of nitrogens with one attached hydrogen (secondary N) is 2. The molecule has 0 spiro atoms. The second kappa shape index (κ2) is 12.3. The minimum absolute atomic E-state index is 0.0437. The topological polar surface area (TPSA) is 114 Å². The predicted molar refractivity (Wildman–Crippen MR) is 135 cm³/mol. The van der Waals surface area contributed by atoms with E-state index in [9.17, 15) is 35.6 Å². The van der Waals surface area contributed by atoms with Gasteiger partial charge in [-0.3, -0.25) is 13.9 Å². The number of anilines is 1. The molecular weight excluding hydrogens is 593 g/mol. The molecule has 0 aromatic heterocycles. The second-order valence-corrected chi connectivity index (χ2v) is 10.9. The molecule has 0 fully saturated rings. The van der Waals surface area contributed by atoms with E-state index in [1.807, 2.05) is 0 Å². The third kappa shape index (κ3) is 8.63. The first-order valence-corrected chi connectivity index (χ1v) is 13.4. The number of alkyl halides is 3. The summed E-state index contributed by atoms with van der Waals surface area (Å²) in [6.45, 7) is 2.38. The number of amides is 2. The van der Waals surface area contributed by atoms with Crippen LogP contribution >= 0.6 is 23.2 Å². The van der Waals surface area contributed by atoms with Gasteiger partial charge in [0, 0.05) is 29.8 Å². The van der Waals surface area contributed by atoms with Gasteiger partial charge in [0.1, 0.15) is 17.3 Å². The number of ether oxygens (including phenoxy) is 2. The predicted octanol–water partition coefficient (Wildman–Crippen LogP) is 3.81. The van der Waals surface area contributed by atoms with Gasteiger partial charge in [0.15, 0.2) is 18.5 Å². The highest BCUT2D eigenvalue weighted by atomic mass is 35.5. The number of sulfonamides is 1. The number of carbonyl (C=O) groups is 2. The highest BCUT2D eigenvalue weighted by Gasteiger charge is 2.43. The number of rotatable bonds is 10. The van der Waals surface area contributed by atoms with Gasteiger partial charge in [0.25, 0.3) is 11.8 Å². The summed E-state index contributed by atoms with van der Waals surface area (Å²) in [6.07, 6.45) is -6.45. The molecule has 9 nitrogen and oxygen atoms in total. The number of fused-ring (bicyclic) bond motifs is 1. The Balaban J connectivity index is 1.54. The maximum atomic E-state index is 13.4. The van der Waals surface area contributed by atoms with Crippen molar-refractivity contribution in [1.82, 2.24) is 10.6 Å². The second-order valence-electron chi connectivity index (χ2n) is 8.18. The molecule has 3 rings (SSSR count). The van der Waals surface area contributed by atoms with Crippen LogP contribution in [0, 0.1) is 5.82 Å². The Morgan fingerprint density at radius 1 is 1.18 bits per heavy atom. The maximum Gasteiger partial charge on any atom is 0.404 e. The van der Waals surface area contributed by atoms with Crippen molar-refractivity contribution < 1.29 is 45.0 Å². The Morgan fingerprint density at radius 2 is 1.90 bits per heavy atom. The lowest BCUT2D eigenvalue weighted by Gasteiger charge is -2.35. The van der Waals surface area contributed by atoms with E-state index in [4.69, 9.17) is 32.7 Å². The Bertz CT molecular complexity index is 1370. The first-order valence-electron chi connectivity index (χ1n) is 11.0. The smallest absolute Gasteiger partial charge is 0.404 e. The lowest BCUT2D eigenvalue weighted by molar-refractivity contribution is -0.127. The Labute approximate surface area is 230 Å². The standard InChI is InChI=1S/C23H21Cl2F4N3O6S/c1-13(31-21(33)11-37-15-3-4-16(25)17(26)9-15)6-7-30-22(34)20-10-32(39(35,36)12-23(27,28)29)18-8-14(24)2-5-19(18)38-20/h2-5,8-9,20H,1,6-7,10-12H2,(H,30,34)(H,31,33). The highest BCUT2D eigenvalue weighted by Crippen LogP contribution is 2.38. The van der Waals surface area contributed by atoms with E-state index in [1.54, 1.807) is 0 Å². The van der Waals surface area contributed by atoms with Gasteiger partial charge in [0.2, 0.25) is 10.0 Å². The van der Waals surface area contributed by atoms with E-state index in [1.165, 1.54) is 24.3 Å².